The zero-order valence-electron chi connectivity index (χ0n) is 13.7. The first-order valence-corrected chi connectivity index (χ1v) is 8.21. The number of halogens is 1. The van der Waals surface area contributed by atoms with Gasteiger partial charge in [0.05, 0.1) is 11.7 Å². The van der Waals surface area contributed by atoms with E-state index in [9.17, 15) is 4.79 Å². The summed E-state index contributed by atoms with van der Waals surface area (Å²) >= 11 is 5.86. The van der Waals surface area contributed by atoms with Gasteiger partial charge < -0.3 is 15.1 Å². The third-order valence-electron chi connectivity index (χ3n) is 4.20. The lowest BCUT2D eigenvalue weighted by Gasteiger charge is -2.44. The molecule has 1 N–H and O–H groups in total. The molecular formula is C17H20ClN5O. The number of nitrogens with one attached hydrogen (secondary N) is 1. The number of likely N-dealkylation sites (N-methyl/N-ethyl adjacent to an activating group) is 1. The summed E-state index contributed by atoms with van der Waals surface area (Å²) in [7, 11) is 1.82. The molecule has 1 aromatic heterocycles. The van der Waals surface area contributed by atoms with Crippen molar-refractivity contribution in [2.24, 2.45) is 0 Å². The van der Waals surface area contributed by atoms with Crippen LogP contribution in [0.1, 0.15) is 11.3 Å². The summed E-state index contributed by atoms with van der Waals surface area (Å²) in [4.78, 5) is 16.1. The molecule has 1 fully saturated rings. The minimum atomic E-state index is -0.0791. The molecule has 1 aliphatic heterocycles. The summed E-state index contributed by atoms with van der Waals surface area (Å²) in [6.07, 6.45) is 0. The largest absolute Gasteiger partial charge is 0.351 e. The Kier molecular flexibility index (Phi) is 4.85. The maximum absolute atomic E-state index is 12.2. The minimum Gasteiger partial charge on any atom is -0.351 e. The van der Waals surface area contributed by atoms with Crippen LogP contribution in [-0.4, -0.2) is 47.3 Å². The molecule has 24 heavy (non-hydrogen) atoms. The Morgan fingerprint density at radius 3 is 2.58 bits per heavy atom. The van der Waals surface area contributed by atoms with Gasteiger partial charge >= 0.3 is 6.03 Å². The van der Waals surface area contributed by atoms with Crippen LogP contribution in [-0.2, 0) is 6.54 Å². The van der Waals surface area contributed by atoms with Gasteiger partial charge in [0.1, 0.15) is 0 Å². The van der Waals surface area contributed by atoms with Crippen LogP contribution >= 0.6 is 11.6 Å². The number of amides is 2. The maximum Gasteiger partial charge on any atom is 0.317 e. The first kappa shape index (κ1) is 16.5. The Hall–Kier alpha value is -2.34. The number of aromatic nitrogens is 2. The van der Waals surface area contributed by atoms with E-state index in [1.165, 1.54) is 0 Å². The highest BCUT2D eigenvalue weighted by Gasteiger charge is 2.33. The molecule has 7 heteroatoms. The molecule has 0 saturated carbocycles. The third kappa shape index (κ3) is 3.76. The fourth-order valence-corrected chi connectivity index (χ4v) is 2.64. The molecule has 0 unspecified atom stereocenters. The Labute approximate surface area is 146 Å². The van der Waals surface area contributed by atoms with E-state index in [0.717, 1.165) is 30.2 Å². The second-order valence-corrected chi connectivity index (χ2v) is 6.42. The quantitative estimate of drug-likeness (QED) is 0.924. The topological polar surface area (TPSA) is 61.4 Å². The predicted molar refractivity (Wildman–Crippen MR) is 94.2 cm³/mol. The summed E-state index contributed by atoms with van der Waals surface area (Å²) in [6.45, 7) is 3.93. The molecule has 0 atom stereocenters. The molecule has 1 aromatic carbocycles. The van der Waals surface area contributed by atoms with Gasteiger partial charge in [-0.05, 0) is 36.8 Å². The van der Waals surface area contributed by atoms with Crippen molar-refractivity contribution < 1.29 is 4.79 Å². The van der Waals surface area contributed by atoms with E-state index >= 15 is 0 Å². The summed E-state index contributed by atoms with van der Waals surface area (Å²) in [5.74, 6) is 0.854. The number of anilines is 1. The molecule has 0 bridgehead atoms. The van der Waals surface area contributed by atoms with E-state index in [2.05, 4.69) is 20.4 Å². The predicted octanol–water partition coefficient (Wildman–Crippen LogP) is 2.47. The Morgan fingerprint density at radius 1 is 1.25 bits per heavy atom. The molecule has 6 nitrogen and oxygen atoms in total. The van der Waals surface area contributed by atoms with Gasteiger partial charge in [0, 0.05) is 31.7 Å². The van der Waals surface area contributed by atoms with Gasteiger partial charge in [0.25, 0.3) is 0 Å². The van der Waals surface area contributed by atoms with Crippen molar-refractivity contribution in [1.82, 2.24) is 20.4 Å². The number of nitrogens with zero attached hydrogens (tertiary/aromatic N) is 4. The average molecular weight is 346 g/mol. The van der Waals surface area contributed by atoms with E-state index in [0.29, 0.717) is 11.6 Å². The first-order chi connectivity index (χ1) is 11.5. The Bertz CT molecular complexity index is 698. The first-order valence-electron chi connectivity index (χ1n) is 7.83. The van der Waals surface area contributed by atoms with Crippen molar-refractivity contribution in [3.63, 3.8) is 0 Å². The molecule has 1 aliphatic rings. The van der Waals surface area contributed by atoms with Gasteiger partial charge in [-0.1, -0.05) is 23.7 Å². The van der Waals surface area contributed by atoms with Crippen molar-refractivity contribution in [2.75, 3.05) is 25.0 Å². The minimum absolute atomic E-state index is 0.0791. The van der Waals surface area contributed by atoms with Crippen LogP contribution in [0.2, 0.25) is 5.02 Å². The van der Waals surface area contributed by atoms with Gasteiger partial charge in [-0.3, -0.25) is 0 Å². The normalized spacial score (nSPS) is 14.2. The number of carbonyl (C=O) groups excluding carboxylic acids is 1. The Morgan fingerprint density at radius 2 is 1.96 bits per heavy atom. The highest BCUT2D eigenvalue weighted by molar-refractivity contribution is 6.30. The lowest BCUT2D eigenvalue weighted by molar-refractivity contribution is 0.178. The molecule has 0 aliphatic carbocycles. The van der Waals surface area contributed by atoms with E-state index in [-0.39, 0.29) is 12.1 Å². The number of urea groups is 1. The molecule has 1 saturated heterocycles. The van der Waals surface area contributed by atoms with E-state index in [4.69, 9.17) is 11.6 Å². The van der Waals surface area contributed by atoms with Crippen LogP contribution in [0.25, 0.3) is 0 Å². The van der Waals surface area contributed by atoms with Crippen LogP contribution in [0.5, 0.6) is 0 Å². The zero-order chi connectivity index (χ0) is 17.1. The van der Waals surface area contributed by atoms with Crippen LogP contribution < -0.4 is 10.2 Å². The monoisotopic (exact) mass is 345 g/mol. The second kappa shape index (κ2) is 7.05. The molecule has 3 rings (SSSR count). The smallest absolute Gasteiger partial charge is 0.317 e. The van der Waals surface area contributed by atoms with Crippen molar-refractivity contribution in [1.29, 1.82) is 0 Å². The average Bonchev–Trinajstić information content (AvgIpc) is 2.54. The number of hydrogen-bond donors (Lipinski definition) is 1. The van der Waals surface area contributed by atoms with Gasteiger partial charge in [-0.15, -0.1) is 5.10 Å². The van der Waals surface area contributed by atoms with Crippen LogP contribution in [0.3, 0.4) is 0 Å². The van der Waals surface area contributed by atoms with Crippen molar-refractivity contribution in [3.8, 4) is 0 Å². The van der Waals surface area contributed by atoms with E-state index in [1.54, 1.807) is 4.90 Å². The standard InChI is InChI=1S/C17H20ClN5O/c1-12-3-8-16(21-20-12)23-10-15(11-23)22(2)17(24)19-9-13-4-6-14(18)7-5-13/h3-8,15H,9-11H2,1-2H3,(H,19,24). The molecule has 2 aromatic rings. The highest BCUT2D eigenvalue weighted by atomic mass is 35.5. The molecule has 2 amide bonds. The molecule has 0 spiro atoms. The summed E-state index contributed by atoms with van der Waals surface area (Å²) in [5.41, 5.74) is 1.92. The fourth-order valence-electron chi connectivity index (χ4n) is 2.52. The summed E-state index contributed by atoms with van der Waals surface area (Å²) in [5, 5.41) is 11.8. The van der Waals surface area contributed by atoms with Crippen LogP contribution in [0.4, 0.5) is 10.6 Å². The molecule has 126 valence electrons. The van der Waals surface area contributed by atoms with Gasteiger partial charge in [0.15, 0.2) is 5.82 Å². The third-order valence-corrected chi connectivity index (χ3v) is 4.45. The fraction of sp³-hybridized carbons (Fsp3) is 0.353. The highest BCUT2D eigenvalue weighted by Crippen LogP contribution is 2.20. The number of carbonyl (C=O) groups is 1. The maximum atomic E-state index is 12.2. The zero-order valence-corrected chi connectivity index (χ0v) is 14.5. The Balaban J connectivity index is 1.47. The molecule has 2 heterocycles. The van der Waals surface area contributed by atoms with Crippen molar-refractivity contribution >= 4 is 23.4 Å². The van der Waals surface area contributed by atoms with Gasteiger partial charge in [-0.2, -0.15) is 5.10 Å². The lowest BCUT2D eigenvalue weighted by Crippen LogP contribution is -2.61. The lowest BCUT2D eigenvalue weighted by atomic mass is 10.1. The number of benzene rings is 1. The number of rotatable bonds is 4. The van der Waals surface area contributed by atoms with E-state index in [1.807, 2.05) is 50.4 Å². The van der Waals surface area contributed by atoms with Gasteiger partial charge in [-0.25, -0.2) is 4.79 Å². The van der Waals surface area contributed by atoms with Gasteiger partial charge in [0.2, 0.25) is 0 Å². The SMILES string of the molecule is Cc1ccc(N2CC(N(C)C(=O)NCc3ccc(Cl)cc3)C2)nn1. The number of aryl methyl sites for hydroxylation is 1. The van der Waals surface area contributed by atoms with Crippen molar-refractivity contribution in [2.45, 2.75) is 19.5 Å². The molecular weight excluding hydrogens is 326 g/mol. The van der Waals surface area contributed by atoms with Crippen LogP contribution in [0, 0.1) is 6.92 Å². The summed E-state index contributed by atoms with van der Waals surface area (Å²) < 4.78 is 0. The second-order valence-electron chi connectivity index (χ2n) is 5.99. The van der Waals surface area contributed by atoms with E-state index < -0.39 is 0 Å². The summed E-state index contributed by atoms with van der Waals surface area (Å²) in [6, 6.07) is 11.5. The molecule has 0 radical (unpaired) electrons. The number of hydrogen-bond acceptors (Lipinski definition) is 4. The van der Waals surface area contributed by atoms with Crippen LogP contribution in [0.15, 0.2) is 36.4 Å². The van der Waals surface area contributed by atoms with Crippen molar-refractivity contribution in [3.05, 3.63) is 52.7 Å².